The summed E-state index contributed by atoms with van der Waals surface area (Å²) in [6.45, 7) is 3.94. The Hall–Kier alpha value is -3.74. The quantitative estimate of drug-likeness (QED) is 0.312. The Morgan fingerprint density at radius 2 is 1.94 bits per heavy atom. The molecule has 188 valence electrons. The molecule has 0 aliphatic carbocycles. The van der Waals surface area contributed by atoms with Crippen LogP contribution in [-0.2, 0) is 16.1 Å². The van der Waals surface area contributed by atoms with Crippen LogP contribution in [0.5, 0.6) is 0 Å². The molecule has 0 unspecified atom stereocenters. The van der Waals surface area contributed by atoms with Gasteiger partial charge in [0.2, 0.25) is 5.91 Å². The largest absolute Gasteiger partial charge is 0.375 e. The number of nitrogens with one attached hydrogen (secondary N) is 3. The third kappa shape index (κ3) is 5.56. The van der Waals surface area contributed by atoms with E-state index in [4.69, 9.17) is 27.9 Å². The molecule has 36 heavy (non-hydrogen) atoms. The molecule has 12 nitrogen and oxygen atoms in total. The average Bonchev–Trinajstić information content (AvgIpc) is 3.47. The molecular formula is C22H23Cl2N9O3. The number of urea groups is 1. The molecule has 14 heteroatoms. The maximum absolute atomic E-state index is 12.7. The molecule has 0 saturated heterocycles. The lowest BCUT2D eigenvalue weighted by Gasteiger charge is -2.17. The second-order valence-corrected chi connectivity index (χ2v) is 8.50. The highest BCUT2D eigenvalue weighted by Crippen LogP contribution is 2.27. The number of pyridine rings is 1. The summed E-state index contributed by atoms with van der Waals surface area (Å²) in [4.78, 5) is 32.8. The number of hydrogen-bond acceptors (Lipinski definition) is 7. The molecule has 0 aromatic carbocycles. The fourth-order valence-corrected chi connectivity index (χ4v) is 3.79. The van der Waals surface area contributed by atoms with Gasteiger partial charge in [-0.2, -0.15) is 10.2 Å². The van der Waals surface area contributed by atoms with Gasteiger partial charge in [-0.1, -0.05) is 30.1 Å². The van der Waals surface area contributed by atoms with E-state index < -0.39 is 12.1 Å². The number of fused-ring (bicyclic) bond motifs is 1. The van der Waals surface area contributed by atoms with E-state index in [1.807, 2.05) is 6.92 Å². The Morgan fingerprint density at radius 3 is 2.67 bits per heavy atom. The number of carbonyl (C=O) groups excluding carboxylic acids is 2. The van der Waals surface area contributed by atoms with Gasteiger partial charge in [0, 0.05) is 37.9 Å². The van der Waals surface area contributed by atoms with Crippen molar-refractivity contribution in [2.24, 2.45) is 0 Å². The van der Waals surface area contributed by atoms with Gasteiger partial charge in [0.05, 0.1) is 46.8 Å². The molecule has 1 atom stereocenters. The summed E-state index contributed by atoms with van der Waals surface area (Å²) in [7, 11) is 1.55. The highest BCUT2D eigenvalue weighted by molar-refractivity contribution is 6.32. The minimum Gasteiger partial charge on any atom is -0.375 e. The van der Waals surface area contributed by atoms with Crippen molar-refractivity contribution in [3.05, 3.63) is 58.4 Å². The van der Waals surface area contributed by atoms with Crippen molar-refractivity contribution in [3.8, 4) is 5.82 Å². The number of amides is 3. The molecule has 0 radical (unpaired) electrons. The summed E-state index contributed by atoms with van der Waals surface area (Å²) >= 11 is 12.4. The lowest BCUT2D eigenvalue weighted by Crippen LogP contribution is -2.22. The van der Waals surface area contributed by atoms with E-state index in [0.29, 0.717) is 41.5 Å². The van der Waals surface area contributed by atoms with Crippen LogP contribution in [0.4, 0.5) is 16.2 Å². The van der Waals surface area contributed by atoms with E-state index in [-0.39, 0.29) is 16.1 Å². The van der Waals surface area contributed by atoms with Gasteiger partial charge in [0.15, 0.2) is 16.6 Å². The number of methoxy groups -OCH3 is 1. The topological polar surface area (TPSA) is 140 Å². The van der Waals surface area contributed by atoms with Crippen LogP contribution in [-0.4, -0.2) is 48.4 Å². The normalized spacial score (nSPS) is 11.9. The molecule has 0 aliphatic rings. The predicted octanol–water partition coefficient (Wildman–Crippen LogP) is 3.99. The van der Waals surface area contributed by atoms with Crippen molar-refractivity contribution >= 4 is 52.2 Å². The SMILES string of the molecule is CCC(=O)NCc1cnn(-c2ncc(NC(=O)Nc3cnc4cc(Cl)nn4c3[C@H](C)OC)cc2Cl)c1. The monoisotopic (exact) mass is 531 g/mol. The molecule has 0 saturated carbocycles. The molecule has 4 aromatic rings. The van der Waals surface area contributed by atoms with E-state index in [1.165, 1.54) is 21.6 Å². The summed E-state index contributed by atoms with van der Waals surface area (Å²) in [5, 5.41) is 17.2. The summed E-state index contributed by atoms with van der Waals surface area (Å²) in [5.74, 6) is 0.317. The van der Waals surface area contributed by atoms with Gasteiger partial charge in [-0.25, -0.2) is 24.0 Å². The van der Waals surface area contributed by atoms with Crippen LogP contribution in [0.3, 0.4) is 0 Å². The zero-order chi connectivity index (χ0) is 25.8. The van der Waals surface area contributed by atoms with Crippen molar-refractivity contribution in [2.45, 2.75) is 32.9 Å². The molecule has 3 amide bonds. The highest BCUT2D eigenvalue weighted by Gasteiger charge is 2.19. The second kappa shape index (κ2) is 10.9. The summed E-state index contributed by atoms with van der Waals surface area (Å²) in [6, 6.07) is 2.62. The van der Waals surface area contributed by atoms with Crippen LogP contribution in [0.25, 0.3) is 11.5 Å². The Morgan fingerprint density at radius 1 is 1.14 bits per heavy atom. The van der Waals surface area contributed by atoms with Gasteiger partial charge in [-0.15, -0.1) is 0 Å². The molecule has 4 rings (SSSR count). The Balaban J connectivity index is 1.48. The van der Waals surface area contributed by atoms with Gasteiger partial charge in [-0.3, -0.25) is 4.79 Å². The Labute approximate surface area is 216 Å². The van der Waals surface area contributed by atoms with Gasteiger partial charge in [0.25, 0.3) is 0 Å². The fourth-order valence-electron chi connectivity index (χ4n) is 3.37. The van der Waals surface area contributed by atoms with E-state index in [0.717, 1.165) is 5.56 Å². The summed E-state index contributed by atoms with van der Waals surface area (Å²) < 4.78 is 8.45. The number of hydrogen-bond donors (Lipinski definition) is 3. The Kier molecular flexibility index (Phi) is 7.67. The fraction of sp³-hybridized carbons (Fsp3) is 0.273. The van der Waals surface area contributed by atoms with Crippen molar-refractivity contribution in [1.29, 1.82) is 0 Å². The molecule has 4 heterocycles. The lowest BCUT2D eigenvalue weighted by atomic mass is 10.2. The van der Waals surface area contributed by atoms with Gasteiger partial charge < -0.3 is 20.7 Å². The second-order valence-electron chi connectivity index (χ2n) is 7.70. The maximum Gasteiger partial charge on any atom is 0.323 e. The number of aromatic nitrogens is 6. The van der Waals surface area contributed by atoms with Crippen molar-refractivity contribution in [3.63, 3.8) is 0 Å². The minimum atomic E-state index is -0.544. The first-order valence-electron chi connectivity index (χ1n) is 10.9. The van der Waals surface area contributed by atoms with Crippen LogP contribution in [0.1, 0.15) is 37.6 Å². The van der Waals surface area contributed by atoms with E-state index >= 15 is 0 Å². The van der Waals surface area contributed by atoms with Crippen LogP contribution in [0.15, 0.2) is 36.9 Å². The van der Waals surface area contributed by atoms with Crippen molar-refractivity contribution < 1.29 is 14.3 Å². The van der Waals surface area contributed by atoms with Crippen LogP contribution in [0, 0.1) is 0 Å². The van der Waals surface area contributed by atoms with Gasteiger partial charge in [-0.05, 0) is 13.0 Å². The lowest BCUT2D eigenvalue weighted by molar-refractivity contribution is -0.120. The van der Waals surface area contributed by atoms with Gasteiger partial charge in [0.1, 0.15) is 0 Å². The van der Waals surface area contributed by atoms with Crippen LogP contribution >= 0.6 is 23.2 Å². The standard InChI is InChI=1S/C22H23Cl2N9O3/c1-4-19(34)26-7-13-8-28-32(11-13)21-15(23)5-14(9-27-21)29-22(35)30-16-10-25-18-6-17(24)31-33(18)20(16)12(2)36-3/h5-6,8-12H,4,7H2,1-3H3,(H,26,34)(H2,29,30,35)/t12-/m0/s1. The molecular weight excluding hydrogens is 509 g/mol. The number of rotatable bonds is 8. The van der Waals surface area contributed by atoms with E-state index in [1.54, 1.807) is 38.6 Å². The first-order valence-corrected chi connectivity index (χ1v) is 11.7. The zero-order valence-corrected chi connectivity index (χ0v) is 21.1. The van der Waals surface area contributed by atoms with Crippen LogP contribution in [0.2, 0.25) is 10.2 Å². The summed E-state index contributed by atoms with van der Waals surface area (Å²) in [6.07, 6.45) is 6.28. The van der Waals surface area contributed by atoms with Crippen molar-refractivity contribution in [1.82, 2.24) is 34.7 Å². The van der Waals surface area contributed by atoms with Crippen LogP contribution < -0.4 is 16.0 Å². The first-order chi connectivity index (χ1) is 17.3. The third-order valence-electron chi connectivity index (χ3n) is 5.22. The predicted molar refractivity (Wildman–Crippen MR) is 135 cm³/mol. The molecule has 0 aliphatic heterocycles. The molecule has 0 spiro atoms. The number of nitrogens with zero attached hydrogens (tertiary/aromatic N) is 6. The first kappa shape index (κ1) is 25.4. The maximum atomic E-state index is 12.7. The number of carbonyl (C=O) groups is 2. The van der Waals surface area contributed by atoms with E-state index in [2.05, 4.69) is 36.1 Å². The van der Waals surface area contributed by atoms with E-state index in [9.17, 15) is 9.59 Å². The molecule has 0 fully saturated rings. The smallest absolute Gasteiger partial charge is 0.323 e. The number of halogens is 2. The third-order valence-corrected chi connectivity index (χ3v) is 5.68. The molecule has 0 bridgehead atoms. The zero-order valence-electron chi connectivity index (χ0n) is 19.6. The number of ether oxygens (including phenoxy) is 1. The summed E-state index contributed by atoms with van der Waals surface area (Å²) in [5.41, 5.74) is 2.64. The number of anilines is 2. The van der Waals surface area contributed by atoms with Crippen molar-refractivity contribution in [2.75, 3.05) is 17.7 Å². The Bertz CT molecular complexity index is 1420. The molecule has 4 aromatic heterocycles. The minimum absolute atomic E-state index is 0.0551. The van der Waals surface area contributed by atoms with Gasteiger partial charge >= 0.3 is 6.03 Å². The average molecular weight is 532 g/mol. The molecule has 3 N–H and O–H groups in total. The highest BCUT2D eigenvalue weighted by atomic mass is 35.5.